The van der Waals surface area contributed by atoms with Crippen molar-refractivity contribution >= 4 is 17.5 Å². The van der Waals surface area contributed by atoms with Crippen molar-refractivity contribution in [2.45, 2.75) is 83.3 Å². The number of amides is 2. The van der Waals surface area contributed by atoms with E-state index in [2.05, 4.69) is 37.3 Å². The number of carbonyl (C=O) groups is 2. The van der Waals surface area contributed by atoms with Gasteiger partial charge in [-0.3, -0.25) is 24.4 Å². The predicted octanol–water partition coefficient (Wildman–Crippen LogP) is 4.70. The third-order valence-electron chi connectivity index (χ3n) is 7.45. The first kappa shape index (κ1) is 25.7. The van der Waals surface area contributed by atoms with Crippen LogP contribution in [0.25, 0.3) is 0 Å². The average molecular weight is 488 g/mol. The fourth-order valence-corrected chi connectivity index (χ4v) is 5.32. The number of benzene rings is 1. The molecule has 0 spiro atoms. The molecule has 1 aromatic carbocycles. The summed E-state index contributed by atoms with van der Waals surface area (Å²) in [5.74, 6) is -0.436. The second-order valence-corrected chi connectivity index (χ2v) is 11.2. The van der Waals surface area contributed by atoms with Gasteiger partial charge in [-0.05, 0) is 42.0 Å². The van der Waals surface area contributed by atoms with Crippen LogP contribution in [0.15, 0.2) is 48.8 Å². The Morgan fingerprint density at radius 2 is 1.83 bits per heavy atom. The SMILES string of the molecule is C[C@@H]1CN(C#N)C1C(=O)N(c1ccc(C(C)(C)C)cc1)C(C(=O)NC1CCCCC1)c1cccnc1. The highest BCUT2D eigenvalue weighted by molar-refractivity contribution is 6.04. The average Bonchev–Trinajstić information content (AvgIpc) is 2.86. The van der Waals surface area contributed by atoms with E-state index < -0.39 is 12.1 Å². The lowest BCUT2D eigenvalue weighted by Gasteiger charge is -2.45. The van der Waals surface area contributed by atoms with Crippen molar-refractivity contribution in [1.29, 1.82) is 5.26 Å². The Morgan fingerprint density at radius 3 is 2.39 bits per heavy atom. The summed E-state index contributed by atoms with van der Waals surface area (Å²) in [5, 5.41) is 12.8. The third-order valence-corrected chi connectivity index (χ3v) is 7.45. The van der Waals surface area contributed by atoms with Crippen LogP contribution < -0.4 is 10.2 Å². The molecule has 1 saturated heterocycles. The van der Waals surface area contributed by atoms with Crippen LogP contribution in [-0.4, -0.2) is 40.3 Å². The van der Waals surface area contributed by atoms with Crippen LogP contribution >= 0.6 is 0 Å². The molecule has 7 heteroatoms. The fourth-order valence-electron chi connectivity index (χ4n) is 5.32. The van der Waals surface area contributed by atoms with E-state index in [1.807, 2.05) is 37.3 Å². The first-order chi connectivity index (χ1) is 17.2. The van der Waals surface area contributed by atoms with Crippen molar-refractivity contribution in [2.24, 2.45) is 5.92 Å². The van der Waals surface area contributed by atoms with Gasteiger partial charge in [0.1, 0.15) is 12.1 Å². The molecule has 1 aliphatic heterocycles. The lowest BCUT2D eigenvalue weighted by molar-refractivity contribution is -0.133. The maximum Gasteiger partial charge on any atom is 0.251 e. The zero-order chi connectivity index (χ0) is 25.9. The highest BCUT2D eigenvalue weighted by Gasteiger charge is 2.46. The summed E-state index contributed by atoms with van der Waals surface area (Å²) < 4.78 is 0. The smallest absolute Gasteiger partial charge is 0.251 e. The van der Waals surface area contributed by atoms with Gasteiger partial charge in [-0.1, -0.05) is 65.2 Å². The Kier molecular flexibility index (Phi) is 7.63. The Hall–Kier alpha value is -3.40. The van der Waals surface area contributed by atoms with E-state index in [0.717, 1.165) is 31.2 Å². The molecule has 2 heterocycles. The van der Waals surface area contributed by atoms with Crippen molar-refractivity contribution < 1.29 is 9.59 Å². The number of likely N-dealkylation sites (tertiary alicyclic amines) is 1. The van der Waals surface area contributed by atoms with Crippen LogP contribution in [0.5, 0.6) is 0 Å². The molecule has 36 heavy (non-hydrogen) atoms. The number of hydrogen-bond acceptors (Lipinski definition) is 5. The molecule has 2 fully saturated rings. The van der Waals surface area contributed by atoms with Crippen molar-refractivity contribution in [2.75, 3.05) is 11.4 Å². The number of carbonyl (C=O) groups excluding carboxylic acids is 2. The van der Waals surface area contributed by atoms with Crippen molar-refractivity contribution in [3.63, 3.8) is 0 Å². The van der Waals surface area contributed by atoms with Crippen LogP contribution in [0.1, 0.15) is 77.0 Å². The summed E-state index contributed by atoms with van der Waals surface area (Å²) in [6.45, 7) is 8.93. The van der Waals surface area contributed by atoms with Crippen molar-refractivity contribution in [3.05, 3.63) is 59.9 Å². The molecule has 2 aromatic rings. The number of nitriles is 1. The van der Waals surface area contributed by atoms with Crippen LogP contribution in [0.4, 0.5) is 5.69 Å². The van der Waals surface area contributed by atoms with Crippen LogP contribution in [0.3, 0.4) is 0 Å². The normalized spacial score (nSPS) is 21.1. The van der Waals surface area contributed by atoms with Crippen molar-refractivity contribution in [3.8, 4) is 6.19 Å². The Bertz CT molecular complexity index is 1100. The van der Waals surface area contributed by atoms with Gasteiger partial charge in [0.05, 0.1) is 0 Å². The van der Waals surface area contributed by atoms with Gasteiger partial charge in [-0.15, -0.1) is 0 Å². The molecular weight excluding hydrogens is 450 g/mol. The number of aromatic nitrogens is 1. The maximum absolute atomic E-state index is 14.1. The molecule has 190 valence electrons. The first-order valence-electron chi connectivity index (χ1n) is 13.0. The van der Waals surface area contributed by atoms with Crippen molar-refractivity contribution in [1.82, 2.24) is 15.2 Å². The second kappa shape index (κ2) is 10.7. The summed E-state index contributed by atoms with van der Waals surface area (Å²) in [7, 11) is 0. The summed E-state index contributed by atoms with van der Waals surface area (Å²) in [6.07, 6.45) is 10.7. The predicted molar refractivity (Wildman–Crippen MR) is 140 cm³/mol. The number of nitrogens with one attached hydrogen (secondary N) is 1. The lowest BCUT2D eigenvalue weighted by atomic mass is 9.86. The summed E-state index contributed by atoms with van der Waals surface area (Å²) >= 11 is 0. The molecule has 4 rings (SSSR count). The minimum Gasteiger partial charge on any atom is -0.351 e. The lowest BCUT2D eigenvalue weighted by Crippen LogP contribution is -2.62. The topological polar surface area (TPSA) is 89.3 Å². The fraction of sp³-hybridized carbons (Fsp3) is 0.517. The molecule has 1 aromatic heterocycles. The van der Waals surface area contributed by atoms with Crippen LogP contribution in [0.2, 0.25) is 0 Å². The molecule has 0 bridgehead atoms. The highest BCUT2D eigenvalue weighted by Crippen LogP contribution is 2.35. The van der Waals surface area contributed by atoms with E-state index in [4.69, 9.17) is 0 Å². The minimum atomic E-state index is -0.887. The number of rotatable bonds is 6. The largest absolute Gasteiger partial charge is 0.351 e. The molecule has 1 aliphatic carbocycles. The van der Waals surface area contributed by atoms with Gasteiger partial charge in [-0.25, -0.2) is 0 Å². The molecule has 3 atom stereocenters. The van der Waals surface area contributed by atoms with E-state index in [1.54, 1.807) is 23.4 Å². The summed E-state index contributed by atoms with van der Waals surface area (Å²) in [4.78, 5) is 35.4. The summed E-state index contributed by atoms with van der Waals surface area (Å²) in [5.41, 5.74) is 2.38. The van der Waals surface area contributed by atoms with Gasteiger partial charge in [0.25, 0.3) is 5.91 Å². The molecule has 1 N–H and O–H groups in total. The number of hydrogen-bond donors (Lipinski definition) is 1. The van der Waals surface area contributed by atoms with E-state index in [1.165, 1.54) is 11.3 Å². The first-order valence-corrected chi connectivity index (χ1v) is 13.0. The molecular formula is C29H37N5O2. The monoisotopic (exact) mass is 487 g/mol. The number of anilines is 1. The van der Waals surface area contributed by atoms with Crippen LogP contribution in [0, 0.1) is 17.4 Å². The van der Waals surface area contributed by atoms with Gasteiger partial charge >= 0.3 is 0 Å². The molecule has 1 saturated carbocycles. The second-order valence-electron chi connectivity index (χ2n) is 11.2. The molecule has 0 radical (unpaired) electrons. The zero-order valence-corrected chi connectivity index (χ0v) is 21.8. The quantitative estimate of drug-likeness (QED) is 0.597. The Morgan fingerprint density at radius 1 is 1.14 bits per heavy atom. The number of nitrogens with zero attached hydrogens (tertiary/aromatic N) is 4. The van der Waals surface area contributed by atoms with Gasteiger partial charge in [0.2, 0.25) is 5.91 Å². The third kappa shape index (κ3) is 5.38. The standard InChI is InChI=1S/C29H37N5O2/c1-20-18-33(19-30)25(20)28(36)34(24-14-12-22(13-15-24)29(2,3)4)26(21-9-8-16-31-17-21)27(35)32-23-10-6-5-7-11-23/h8-9,12-17,20,23,25-26H,5-7,10-11,18H2,1-4H3,(H,32,35)/t20-,25?,26?/m1/s1. The molecule has 2 amide bonds. The molecule has 2 unspecified atom stereocenters. The zero-order valence-electron chi connectivity index (χ0n) is 21.8. The van der Waals surface area contributed by atoms with E-state index in [0.29, 0.717) is 17.8 Å². The van der Waals surface area contributed by atoms with Gasteiger partial charge < -0.3 is 5.32 Å². The van der Waals surface area contributed by atoms with Crippen LogP contribution in [-0.2, 0) is 15.0 Å². The van der Waals surface area contributed by atoms with E-state index in [-0.39, 0.29) is 29.2 Å². The summed E-state index contributed by atoms with van der Waals surface area (Å²) in [6, 6.07) is 10.1. The van der Waals surface area contributed by atoms with Gasteiger partial charge in [0, 0.05) is 42.1 Å². The molecule has 7 nitrogen and oxygen atoms in total. The van der Waals surface area contributed by atoms with E-state index >= 15 is 0 Å². The Labute approximate surface area is 214 Å². The number of pyridine rings is 1. The molecule has 2 aliphatic rings. The van der Waals surface area contributed by atoms with Gasteiger partial charge in [-0.2, -0.15) is 5.26 Å². The maximum atomic E-state index is 14.1. The van der Waals surface area contributed by atoms with Gasteiger partial charge in [0.15, 0.2) is 6.19 Å². The highest BCUT2D eigenvalue weighted by atomic mass is 16.2. The minimum absolute atomic E-state index is 0.0180. The van der Waals surface area contributed by atoms with E-state index in [9.17, 15) is 14.9 Å². The Balaban J connectivity index is 1.77.